The van der Waals surface area contributed by atoms with Gasteiger partial charge in [0.05, 0.1) is 11.3 Å². The number of aliphatic carboxylic acids is 2. The Kier molecular flexibility index (Phi) is 2.44. The second kappa shape index (κ2) is 3.51. The number of fused-ring (bicyclic) bond motifs is 1. The van der Waals surface area contributed by atoms with Crippen molar-refractivity contribution in [3.05, 3.63) is 0 Å². The third kappa shape index (κ3) is 1.34. The predicted molar refractivity (Wildman–Crippen MR) is 52.4 cm³/mol. The first-order valence-corrected chi connectivity index (χ1v) is 5.55. The van der Waals surface area contributed by atoms with Crippen molar-refractivity contribution in [2.45, 2.75) is 38.5 Å². The Morgan fingerprint density at radius 1 is 1.07 bits per heavy atom. The van der Waals surface area contributed by atoms with Crippen LogP contribution in [0.1, 0.15) is 38.5 Å². The maximum Gasteiger partial charge on any atom is 0.310 e. The van der Waals surface area contributed by atoms with Gasteiger partial charge in [0, 0.05) is 0 Å². The molecule has 0 aromatic heterocycles. The molecule has 0 radical (unpaired) electrons. The molecule has 2 N–H and O–H groups in total. The van der Waals surface area contributed by atoms with E-state index in [1.54, 1.807) is 0 Å². The molecule has 2 saturated carbocycles. The molecule has 3 unspecified atom stereocenters. The van der Waals surface area contributed by atoms with E-state index in [1.807, 2.05) is 0 Å². The summed E-state index contributed by atoms with van der Waals surface area (Å²) in [4.78, 5) is 22.6. The molecule has 2 fully saturated rings. The highest BCUT2D eigenvalue weighted by Gasteiger charge is 2.58. The van der Waals surface area contributed by atoms with E-state index in [1.165, 1.54) is 0 Å². The number of carbonyl (C=O) groups is 2. The summed E-state index contributed by atoms with van der Waals surface area (Å²) in [7, 11) is 0. The van der Waals surface area contributed by atoms with Gasteiger partial charge < -0.3 is 10.2 Å². The Balaban J connectivity index is 2.38. The smallest absolute Gasteiger partial charge is 0.310 e. The van der Waals surface area contributed by atoms with Crippen LogP contribution in [0, 0.1) is 17.3 Å². The number of hydrogen-bond acceptors (Lipinski definition) is 2. The van der Waals surface area contributed by atoms with Crippen molar-refractivity contribution in [1.82, 2.24) is 0 Å². The number of rotatable bonds is 2. The summed E-state index contributed by atoms with van der Waals surface area (Å²) in [5.41, 5.74) is -0.954. The normalized spacial score (nSPS) is 39.7. The first kappa shape index (κ1) is 10.5. The monoisotopic (exact) mass is 212 g/mol. The molecule has 2 rings (SSSR count). The average molecular weight is 212 g/mol. The van der Waals surface area contributed by atoms with E-state index < -0.39 is 23.3 Å². The summed E-state index contributed by atoms with van der Waals surface area (Å²) in [5.74, 6) is -2.40. The molecule has 0 aliphatic heterocycles. The van der Waals surface area contributed by atoms with Crippen molar-refractivity contribution in [3.63, 3.8) is 0 Å². The van der Waals surface area contributed by atoms with Crippen LogP contribution in [0.15, 0.2) is 0 Å². The minimum absolute atomic E-state index is 0.0878. The maximum absolute atomic E-state index is 11.4. The van der Waals surface area contributed by atoms with E-state index in [0.717, 1.165) is 25.7 Å². The van der Waals surface area contributed by atoms with Crippen LogP contribution in [-0.2, 0) is 9.59 Å². The van der Waals surface area contributed by atoms with Crippen molar-refractivity contribution in [2.24, 2.45) is 17.3 Å². The maximum atomic E-state index is 11.4. The first-order chi connectivity index (χ1) is 7.09. The van der Waals surface area contributed by atoms with Gasteiger partial charge in [-0.2, -0.15) is 0 Å². The zero-order valence-electron chi connectivity index (χ0n) is 8.61. The van der Waals surface area contributed by atoms with Crippen molar-refractivity contribution in [3.8, 4) is 0 Å². The summed E-state index contributed by atoms with van der Waals surface area (Å²) in [5, 5.41) is 18.5. The Hall–Kier alpha value is -1.06. The van der Waals surface area contributed by atoms with Crippen molar-refractivity contribution >= 4 is 11.9 Å². The van der Waals surface area contributed by atoms with Gasteiger partial charge in [-0.25, -0.2) is 0 Å². The minimum atomic E-state index is -0.954. The van der Waals surface area contributed by atoms with Gasteiger partial charge in [-0.15, -0.1) is 0 Å². The fraction of sp³-hybridized carbons (Fsp3) is 0.818. The van der Waals surface area contributed by atoms with Crippen molar-refractivity contribution in [1.29, 1.82) is 0 Å². The number of hydrogen-bond donors (Lipinski definition) is 2. The minimum Gasteiger partial charge on any atom is -0.481 e. The van der Waals surface area contributed by atoms with Crippen LogP contribution in [0.2, 0.25) is 0 Å². The third-order valence-electron chi connectivity index (χ3n) is 4.24. The molecular weight excluding hydrogens is 196 g/mol. The summed E-state index contributed by atoms with van der Waals surface area (Å²) >= 11 is 0. The SMILES string of the molecule is O=C(O)C1CCCC2CCCC21C(=O)O. The first-order valence-electron chi connectivity index (χ1n) is 5.55. The average Bonchev–Trinajstić information content (AvgIpc) is 2.60. The molecule has 4 heteroatoms. The largest absolute Gasteiger partial charge is 0.481 e. The molecule has 0 spiro atoms. The Labute approximate surface area is 88.3 Å². The molecule has 2 aliphatic rings. The molecular formula is C11H16O4. The van der Waals surface area contributed by atoms with Crippen LogP contribution in [0.4, 0.5) is 0 Å². The molecule has 4 nitrogen and oxygen atoms in total. The zero-order chi connectivity index (χ0) is 11.1. The van der Waals surface area contributed by atoms with Gasteiger partial charge in [-0.05, 0) is 31.6 Å². The van der Waals surface area contributed by atoms with E-state index in [-0.39, 0.29) is 5.92 Å². The fourth-order valence-electron chi connectivity index (χ4n) is 3.56. The molecule has 2 aliphatic carbocycles. The molecule has 84 valence electrons. The summed E-state index contributed by atoms with van der Waals surface area (Å²) in [6.07, 6.45) is 4.56. The quantitative estimate of drug-likeness (QED) is 0.731. The van der Waals surface area contributed by atoms with E-state index in [2.05, 4.69) is 0 Å². The van der Waals surface area contributed by atoms with Crippen molar-refractivity contribution in [2.75, 3.05) is 0 Å². The van der Waals surface area contributed by atoms with E-state index in [0.29, 0.717) is 12.8 Å². The Bertz CT molecular complexity index is 299. The molecule has 15 heavy (non-hydrogen) atoms. The topological polar surface area (TPSA) is 74.6 Å². The Morgan fingerprint density at radius 2 is 1.73 bits per heavy atom. The molecule has 0 heterocycles. The molecule has 0 saturated heterocycles. The summed E-state index contributed by atoms with van der Waals surface area (Å²) < 4.78 is 0. The molecule has 0 bridgehead atoms. The summed E-state index contributed by atoms with van der Waals surface area (Å²) in [6.45, 7) is 0. The highest BCUT2D eigenvalue weighted by atomic mass is 16.4. The van der Waals surface area contributed by atoms with E-state index in [4.69, 9.17) is 5.11 Å². The fourth-order valence-corrected chi connectivity index (χ4v) is 3.56. The van der Waals surface area contributed by atoms with Gasteiger partial charge in [0.2, 0.25) is 0 Å². The lowest BCUT2D eigenvalue weighted by molar-refractivity contribution is -0.169. The molecule has 3 atom stereocenters. The van der Waals surface area contributed by atoms with Crippen LogP contribution in [0.25, 0.3) is 0 Å². The molecule has 0 aromatic rings. The zero-order valence-corrected chi connectivity index (χ0v) is 8.61. The van der Waals surface area contributed by atoms with Gasteiger partial charge in [0.1, 0.15) is 0 Å². The Morgan fingerprint density at radius 3 is 2.33 bits per heavy atom. The lowest BCUT2D eigenvalue weighted by Gasteiger charge is -2.40. The van der Waals surface area contributed by atoms with Gasteiger partial charge in [-0.3, -0.25) is 9.59 Å². The van der Waals surface area contributed by atoms with Gasteiger partial charge in [0.25, 0.3) is 0 Å². The van der Waals surface area contributed by atoms with E-state index in [9.17, 15) is 14.7 Å². The van der Waals surface area contributed by atoms with E-state index >= 15 is 0 Å². The lowest BCUT2D eigenvalue weighted by Crippen LogP contribution is -2.47. The van der Waals surface area contributed by atoms with Crippen LogP contribution in [-0.4, -0.2) is 22.2 Å². The third-order valence-corrected chi connectivity index (χ3v) is 4.24. The highest BCUT2D eigenvalue weighted by Crippen LogP contribution is 2.55. The molecule has 0 amide bonds. The van der Waals surface area contributed by atoms with Crippen LogP contribution in [0.3, 0.4) is 0 Å². The van der Waals surface area contributed by atoms with Gasteiger partial charge in [-0.1, -0.05) is 12.8 Å². The second-order valence-electron chi connectivity index (χ2n) is 4.76. The van der Waals surface area contributed by atoms with Crippen molar-refractivity contribution < 1.29 is 19.8 Å². The number of carboxylic acid groups (broad SMARTS) is 2. The van der Waals surface area contributed by atoms with Gasteiger partial charge >= 0.3 is 11.9 Å². The van der Waals surface area contributed by atoms with Crippen LogP contribution >= 0.6 is 0 Å². The second-order valence-corrected chi connectivity index (χ2v) is 4.76. The predicted octanol–water partition coefficient (Wildman–Crippen LogP) is 1.74. The standard InChI is InChI=1S/C11H16O4/c12-9(13)8-5-1-3-7-4-2-6-11(7,8)10(14)15/h7-8H,1-6H2,(H,12,13)(H,14,15). The lowest BCUT2D eigenvalue weighted by atomic mass is 9.61. The van der Waals surface area contributed by atoms with Crippen LogP contribution in [0.5, 0.6) is 0 Å². The summed E-state index contributed by atoms with van der Waals surface area (Å²) in [6, 6.07) is 0. The molecule has 0 aromatic carbocycles. The highest BCUT2D eigenvalue weighted by molar-refractivity contribution is 5.84. The number of carboxylic acids is 2. The van der Waals surface area contributed by atoms with Crippen LogP contribution < -0.4 is 0 Å². The van der Waals surface area contributed by atoms with Gasteiger partial charge in [0.15, 0.2) is 0 Å².